The van der Waals surface area contributed by atoms with Gasteiger partial charge in [0, 0.05) is 0 Å². The molecular formula is C14H35ClHf2O7. The molecule has 0 spiro atoms. The zero-order valence-corrected chi connectivity index (χ0v) is 24.1. The minimum atomic E-state index is -5.82. The molecule has 0 amide bonds. The number of hydrogen-bond donors (Lipinski definition) is 0. The van der Waals surface area contributed by atoms with Crippen LogP contribution in [0.5, 0.6) is 0 Å². The molecule has 0 radical (unpaired) electrons. The first kappa shape index (κ1) is 25.8. The van der Waals surface area contributed by atoms with E-state index in [0.717, 1.165) is 0 Å². The summed E-state index contributed by atoms with van der Waals surface area (Å²) in [6, 6.07) is 0. The van der Waals surface area contributed by atoms with E-state index >= 15 is 0 Å². The third-order valence-electron chi connectivity index (χ3n) is 3.39. The molecule has 0 aliphatic heterocycles. The molecule has 0 aromatic carbocycles. The molecule has 7 nitrogen and oxygen atoms in total. The second kappa shape index (κ2) is 10.9. The van der Waals surface area contributed by atoms with Crippen LogP contribution in [0.4, 0.5) is 0 Å². The van der Waals surface area contributed by atoms with Gasteiger partial charge < -0.3 is 0 Å². The Morgan fingerprint density at radius 1 is 0.458 bits per heavy atom. The summed E-state index contributed by atoms with van der Waals surface area (Å²) in [5.41, 5.74) is 0. The second-order valence-electron chi connectivity index (χ2n) is 4.82. The van der Waals surface area contributed by atoms with Crippen molar-refractivity contribution in [3.8, 4) is 0 Å². The summed E-state index contributed by atoms with van der Waals surface area (Å²) in [4.78, 5) is 0. The molecule has 0 aromatic rings. The molecule has 0 aromatic heterocycles. The molecule has 148 valence electrons. The molecule has 0 atom stereocenters. The first-order chi connectivity index (χ1) is 11.3. The molecule has 0 fully saturated rings. The maximum absolute atomic E-state index is 7.24. The molecule has 0 heterocycles. The third-order valence-corrected chi connectivity index (χ3v) is 119. The fourth-order valence-corrected chi connectivity index (χ4v) is 119. The summed E-state index contributed by atoms with van der Waals surface area (Å²) >= 11 is -11.6. The van der Waals surface area contributed by atoms with Gasteiger partial charge in [-0.3, -0.25) is 0 Å². The molecule has 0 rings (SSSR count). The van der Waals surface area contributed by atoms with Gasteiger partial charge >= 0.3 is 153 Å². The Balaban J connectivity index is 6.83. The molecule has 0 N–H and O–H groups in total. The Hall–Kier alpha value is 1.75. The van der Waals surface area contributed by atoms with Gasteiger partial charge in [0.1, 0.15) is 0 Å². The van der Waals surface area contributed by atoms with Crippen LogP contribution in [0.1, 0.15) is 48.5 Å². The zero-order chi connectivity index (χ0) is 18.8. The molecule has 0 unspecified atom stereocenters. The first-order valence-corrected chi connectivity index (χ1v) is 40.1. The summed E-state index contributed by atoms with van der Waals surface area (Å²) in [6.45, 7) is 14.9. The summed E-state index contributed by atoms with van der Waals surface area (Å²) in [6.07, 6.45) is 0. The summed E-state index contributed by atoms with van der Waals surface area (Å²) in [5, 5.41) is 0. The van der Waals surface area contributed by atoms with E-state index in [2.05, 4.69) is 0 Å². The van der Waals surface area contributed by atoms with Gasteiger partial charge in [0.15, 0.2) is 0 Å². The SMILES string of the molecule is CC[O][Hf]([Cl])([O]CC)([O]CC)[Hf]([O]CC)([O]CC)([O]CC)[O]CC. The van der Waals surface area contributed by atoms with Gasteiger partial charge in [-0.25, -0.2) is 0 Å². The van der Waals surface area contributed by atoms with E-state index in [1.54, 1.807) is 0 Å². The second-order valence-corrected chi connectivity index (χ2v) is 89.0. The van der Waals surface area contributed by atoms with Crippen LogP contribution in [0, 0.1) is 0 Å². The molecule has 24 heavy (non-hydrogen) atoms. The van der Waals surface area contributed by atoms with Crippen LogP contribution in [0.25, 0.3) is 0 Å². The average molecular weight is 708 g/mol. The summed E-state index contributed by atoms with van der Waals surface area (Å²) in [7, 11) is 7.24. The van der Waals surface area contributed by atoms with Crippen LogP contribution in [0.2, 0.25) is 0 Å². The first-order valence-electron chi connectivity index (χ1n) is 8.84. The van der Waals surface area contributed by atoms with E-state index in [4.69, 9.17) is 28.6 Å². The maximum atomic E-state index is 7.24. The summed E-state index contributed by atoms with van der Waals surface area (Å²) in [5.74, 6) is 0. The van der Waals surface area contributed by atoms with Crippen molar-refractivity contribution >= 4 is 8.58 Å². The van der Waals surface area contributed by atoms with Crippen molar-refractivity contribution < 1.29 is 49.5 Å². The molecule has 0 saturated carbocycles. The van der Waals surface area contributed by atoms with Crippen molar-refractivity contribution in [3.05, 3.63) is 0 Å². The zero-order valence-electron chi connectivity index (χ0n) is 16.2. The van der Waals surface area contributed by atoms with Crippen LogP contribution in [-0.2, 0) is 49.5 Å². The number of hydrogen-bond acceptors (Lipinski definition) is 7. The van der Waals surface area contributed by atoms with E-state index in [1.165, 1.54) is 0 Å². The van der Waals surface area contributed by atoms with Crippen molar-refractivity contribution in [2.24, 2.45) is 0 Å². The topological polar surface area (TPSA) is 64.6 Å². The van der Waals surface area contributed by atoms with Gasteiger partial charge in [-0.2, -0.15) is 0 Å². The normalized spacial score (nSPS) is 16.3. The van der Waals surface area contributed by atoms with Gasteiger partial charge in [-0.15, -0.1) is 0 Å². The van der Waals surface area contributed by atoms with Crippen molar-refractivity contribution in [3.63, 3.8) is 0 Å². The molecule has 0 saturated heterocycles. The van der Waals surface area contributed by atoms with E-state index in [9.17, 15) is 0 Å². The van der Waals surface area contributed by atoms with Gasteiger partial charge in [-0.1, -0.05) is 0 Å². The Bertz CT molecular complexity index is 318. The van der Waals surface area contributed by atoms with Gasteiger partial charge in [0.25, 0.3) is 0 Å². The van der Waals surface area contributed by atoms with E-state index in [-0.39, 0.29) is 19.8 Å². The number of rotatable bonds is 15. The van der Waals surface area contributed by atoms with E-state index < -0.39 is 29.6 Å². The Kier molecular flexibility index (Phi) is 11.7. The van der Waals surface area contributed by atoms with Crippen LogP contribution >= 0.6 is 8.58 Å². The standard InChI is InChI=1S/7C2H5O.ClH.2Hf/c7*1-2-3;;;/h7*2H2,1H3;1H;;/q7*-1;;2*+4/p-1. The van der Waals surface area contributed by atoms with Gasteiger partial charge in [0.2, 0.25) is 0 Å². The van der Waals surface area contributed by atoms with Crippen LogP contribution in [-0.4, -0.2) is 46.2 Å². The third kappa shape index (κ3) is 4.42. The summed E-state index contributed by atoms with van der Waals surface area (Å²) < 4.78 is 43.2. The fraction of sp³-hybridized carbons (Fsp3) is 1.00. The monoisotopic (exact) mass is 710 g/mol. The molecule has 10 heteroatoms. The Morgan fingerprint density at radius 3 is 0.833 bits per heavy atom. The molecule has 0 aliphatic carbocycles. The van der Waals surface area contributed by atoms with Gasteiger partial charge in [0.05, 0.1) is 0 Å². The van der Waals surface area contributed by atoms with E-state index in [1.807, 2.05) is 48.5 Å². The molecule has 0 bridgehead atoms. The van der Waals surface area contributed by atoms with Crippen molar-refractivity contribution in [1.29, 1.82) is 0 Å². The number of halogens is 1. The van der Waals surface area contributed by atoms with Crippen LogP contribution in [0.3, 0.4) is 0 Å². The predicted molar refractivity (Wildman–Crippen MR) is 87.2 cm³/mol. The fourth-order valence-electron chi connectivity index (χ4n) is 2.92. The van der Waals surface area contributed by atoms with Crippen molar-refractivity contribution in [1.82, 2.24) is 0 Å². The van der Waals surface area contributed by atoms with Crippen molar-refractivity contribution in [2.45, 2.75) is 48.5 Å². The predicted octanol–water partition coefficient (Wildman–Crippen LogP) is 4.09. The molecular weight excluding hydrogens is 673 g/mol. The average Bonchev–Trinajstić information content (AvgIpc) is 2.49. The van der Waals surface area contributed by atoms with E-state index in [0.29, 0.717) is 26.4 Å². The quantitative estimate of drug-likeness (QED) is 0.238. The Morgan fingerprint density at radius 2 is 0.667 bits per heavy atom. The van der Waals surface area contributed by atoms with Gasteiger partial charge in [-0.05, 0) is 0 Å². The molecule has 0 aliphatic rings. The van der Waals surface area contributed by atoms with Crippen LogP contribution in [0.15, 0.2) is 0 Å². The van der Waals surface area contributed by atoms with Crippen LogP contribution < -0.4 is 0 Å². The minimum absolute atomic E-state index is 0.283. The van der Waals surface area contributed by atoms with Crippen molar-refractivity contribution in [2.75, 3.05) is 46.2 Å². The Labute approximate surface area is 151 Å².